The quantitative estimate of drug-likeness (QED) is 0.487. The van der Waals surface area contributed by atoms with Crippen molar-refractivity contribution >= 4 is 22.6 Å². The number of carbonyl (C=O) groups is 1. The largest absolute Gasteiger partial charge is 0.361 e. The van der Waals surface area contributed by atoms with Crippen LogP contribution >= 0.6 is 0 Å². The number of halogens is 2. The Morgan fingerprint density at radius 2 is 1.90 bits per heavy atom. The fourth-order valence-electron chi connectivity index (χ4n) is 4.38. The Labute approximate surface area is 176 Å². The smallest absolute Gasteiger partial charge is 0.227 e. The molecular formula is C23H20F2N4O2. The lowest BCUT2D eigenvalue weighted by Gasteiger charge is -2.25. The minimum Gasteiger partial charge on any atom is -0.361 e. The Bertz CT molecular complexity index is 1320. The maximum absolute atomic E-state index is 13.9. The Hall–Kier alpha value is -3.55. The predicted molar refractivity (Wildman–Crippen MR) is 112 cm³/mol. The van der Waals surface area contributed by atoms with Gasteiger partial charge in [-0.1, -0.05) is 11.2 Å². The number of anilines is 1. The van der Waals surface area contributed by atoms with E-state index in [-0.39, 0.29) is 11.9 Å². The molecule has 8 heteroatoms. The van der Waals surface area contributed by atoms with Crippen molar-refractivity contribution in [1.29, 1.82) is 0 Å². The van der Waals surface area contributed by atoms with E-state index in [2.05, 4.69) is 15.1 Å². The zero-order chi connectivity index (χ0) is 21.9. The normalized spacial score (nSPS) is 16.6. The maximum Gasteiger partial charge on any atom is 0.227 e. The van der Waals surface area contributed by atoms with Crippen molar-refractivity contribution in [3.63, 3.8) is 0 Å². The number of imidazole rings is 1. The van der Waals surface area contributed by atoms with Crippen molar-refractivity contribution in [2.45, 2.75) is 39.7 Å². The number of amides is 1. The number of hydrogen-bond acceptors (Lipinski definition) is 4. The number of nitrogens with one attached hydrogen (secondary N) is 1. The Kier molecular flexibility index (Phi) is 4.39. The fraction of sp³-hybridized carbons (Fsp3) is 0.261. The Morgan fingerprint density at radius 1 is 1.13 bits per heavy atom. The molecule has 1 atom stereocenters. The van der Waals surface area contributed by atoms with E-state index in [1.165, 1.54) is 4.90 Å². The van der Waals surface area contributed by atoms with Gasteiger partial charge in [-0.3, -0.25) is 4.79 Å². The number of hydrogen-bond donors (Lipinski definition) is 1. The molecule has 158 valence electrons. The highest BCUT2D eigenvalue weighted by Crippen LogP contribution is 2.39. The molecule has 0 bridgehead atoms. The topological polar surface area (TPSA) is 75.0 Å². The van der Waals surface area contributed by atoms with Crippen LogP contribution in [0.3, 0.4) is 0 Å². The molecule has 0 saturated carbocycles. The van der Waals surface area contributed by atoms with Crippen molar-refractivity contribution in [2.75, 3.05) is 4.90 Å². The molecular weight excluding hydrogens is 402 g/mol. The van der Waals surface area contributed by atoms with E-state index in [9.17, 15) is 13.6 Å². The summed E-state index contributed by atoms with van der Waals surface area (Å²) < 4.78 is 32.8. The lowest BCUT2D eigenvalue weighted by atomic mass is 10.0. The van der Waals surface area contributed by atoms with Crippen molar-refractivity contribution < 1.29 is 18.1 Å². The van der Waals surface area contributed by atoms with E-state index < -0.39 is 11.6 Å². The fourth-order valence-corrected chi connectivity index (χ4v) is 4.38. The van der Waals surface area contributed by atoms with Crippen LogP contribution < -0.4 is 4.90 Å². The highest BCUT2D eigenvalue weighted by atomic mass is 19.2. The first-order valence-corrected chi connectivity index (χ1v) is 10.0. The van der Waals surface area contributed by atoms with E-state index in [0.717, 1.165) is 45.7 Å². The molecule has 1 N–H and O–H groups in total. The second-order valence-electron chi connectivity index (χ2n) is 7.92. The molecule has 1 fully saturated rings. The average molecular weight is 422 g/mol. The number of fused-ring (bicyclic) bond motifs is 1. The zero-order valence-corrected chi connectivity index (χ0v) is 17.3. The van der Waals surface area contributed by atoms with Crippen LogP contribution in [0.15, 0.2) is 34.9 Å². The lowest BCUT2D eigenvalue weighted by molar-refractivity contribution is -0.117. The Morgan fingerprint density at radius 3 is 2.65 bits per heavy atom. The summed E-state index contributed by atoms with van der Waals surface area (Å²) in [5, 5.41) is 4.01. The minimum atomic E-state index is -0.979. The minimum absolute atomic E-state index is 0.143. The van der Waals surface area contributed by atoms with Gasteiger partial charge in [0.25, 0.3) is 0 Å². The van der Waals surface area contributed by atoms with Gasteiger partial charge in [-0.05, 0) is 56.5 Å². The highest BCUT2D eigenvalue weighted by Gasteiger charge is 2.36. The third-order valence-corrected chi connectivity index (χ3v) is 5.85. The zero-order valence-electron chi connectivity index (χ0n) is 17.3. The van der Waals surface area contributed by atoms with Gasteiger partial charge < -0.3 is 14.4 Å². The second kappa shape index (κ2) is 7.01. The van der Waals surface area contributed by atoms with E-state index in [4.69, 9.17) is 4.52 Å². The number of aryl methyl sites for hydroxylation is 3. The first-order valence-electron chi connectivity index (χ1n) is 10.0. The van der Waals surface area contributed by atoms with E-state index in [1.54, 1.807) is 6.92 Å². The SMILES string of the molecule is Cc1cc(F)c(F)cc1N1C(=O)CC[C@H]1c1nc2ccc(-c3c(C)noc3C)cc2[nH]1. The van der Waals surface area contributed by atoms with Gasteiger partial charge in [-0.25, -0.2) is 13.8 Å². The van der Waals surface area contributed by atoms with Gasteiger partial charge in [0, 0.05) is 18.1 Å². The molecule has 1 aliphatic heterocycles. The number of carbonyl (C=O) groups excluding carboxylic acids is 1. The maximum atomic E-state index is 13.9. The molecule has 2 aromatic heterocycles. The van der Waals surface area contributed by atoms with Crippen LogP contribution in [0.4, 0.5) is 14.5 Å². The van der Waals surface area contributed by atoms with Crippen molar-refractivity contribution in [1.82, 2.24) is 15.1 Å². The molecule has 31 heavy (non-hydrogen) atoms. The van der Waals surface area contributed by atoms with Crippen LogP contribution in [0.25, 0.3) is 22.2 Å². The number of rotatable bonds is 3. The first-order chi connectivity index (χ1) is 14.8. The predicted octanol–water partition coefficient (Wildman–Crippen LogP) is 5.29. The van der Waals surface area contributed by atoms with Crippen molar-refractivity contribution in [3.8, 4) is 11.1 Å². The van der Waals surface area contributed by atoms with Crippen LogP contribution in [0.2, 0.25) is 0 Å². The summed E-state index contributed by atoms with van der Waals surface area (Å²) in [5.74, 6) is -0.706. The molecule has 5 rings (SSSR count). The summed E-state index contributed by atoms with van der Waals surface area (Å²) in [7, 11) is 0. The molecule has 6 nitrogen and oxygen atoms in total. The standard InChI is InChI=1S/C23H20F2N4O2/c1-11-8-15(24)16(25)10-20(11)29-19(6-7-21(29)30)23-26-17-5-4-14(9-18(17)27-23)22-12(2)28-31-13(22)3/h4-5,8-10,19H,6-7H2,1-3H3,(H,26,27)/t19-/m0/s1. The van der Waals surface area contributed by atoms with Crippen molar-refractivity contribution in [2.24, 2.45) is 0 Å². The summed E-state index contributed by atoms with van der Waals surface area (Å²) >= 11 is 0. The van der Waals surface area contributed by atoms with Crippen LogP contribution in [-0.4, -0.2) is 21.0 Å². The van der Waals surface area contributed by atoms with E-state index in [0.29, 0.717) is 29.9 Å². The number of benzene rings is 2. The molecule has 0 unspecified atom stereocenters. The molecule has 3 heterocycles. The molecule has 0 spiro atoms. The van der Waals surface area contributed by atoms with Gasteiger partial charge in [0.2, 0.25) is 5.91 Å². The number of nitrogens with zero attached hydrogens (tertiary/aromatic N) is 3. The van der Waals surface area contributed by atoms with Crippen LogP contribution in [-0.2, 0) is 4.79 Å². The summed E-state index contributed by atoms with van der Waals surface area (Å²) in [6, 6.07) is 7.64. The van der Waals surface area contributed by atoms with Gasteiger partial charge in [-0.2, -0.15) is 0 Å². The number of aromatic nitrogens is 3. The highest BCUT2D eigenvalue weighted by molar-refractivity contribution is 5.97. The molecule has 0 radical (unpaired) electrons. The first kappa shape index (κ1) is 19.4. The third-order valence-electron chi connectivity index (χ3n) is 5.85. The molecule has 1 amide bonds. The molecule has 1 saturated heterocycles. The van der Waals surface area contributed by atoms with Gasteiger partial charge >= 0.3 is 0 Å². The molecule has 4 aromatic rings. The number of H-pyrrole nitrogens is 1. The van der Waals surface area contributed by atoms with Crippen molar-refractivity contribution in [3.05, 3.63) is 64.8 Å². The second-order valence-corrected chi connectivity index (χ2v) is 7.92. The van der Waals surface area contributed by atoms with Crippen LogP contribution in [0.5, 0.6) is 0 Å². The molecule has 0 aliphatic carbocycles. The van der Waals surface area contributed by atoms with Gasteiger partial charge in [-0.15, -0.1) is 0 Å². The summed E-state index contributed by atoms with van der Waals surface area (Å²) in [6.07, 6.45) is 0.846. The summed E-state index contributed by atoms with van der Waals surface area (Å²) in [6.45, 7) is 5.42. The van der Waals surface area contributed by atoms with E-state index >= 15 is 0 Å². The van der Waals surface area contributed by atoms with Gasteiger partial charge in [0.1, 0.15) is 11.6 Å². The molecule has 1 aliphatic rings. The lowest BCUT2D eigenvalue weighted by Crippen LogP contribution is -2.28. The summed E-state index contributed by atoms with van der Waals surface area (Å²) in [4.78, 5) is 22.2. The monoisotopic (exact) mass is 422 g/mol. The summed E-state index contributed by atoms with van der Waals surface area (Å²) in [5.41, 5.74) is 5.13. The van der Waals surface area contributed by atoms with Gasteiger partial charge in [0.15, 0.2) is 11.6 Å². The Balaban J connectivity index is 1.57. The van der Waals surface area contributed by atoms with E-state index in [1.807, 2.05) is 32.0 Å². The number of aromatic amines is 1. The van der Waals surface area contributed by atoms with Crippen LogP contribution in [0, 0.1) is 32.4 Å². The van der Waals surface area contributed by atoms with Crippen LogP contribution in [0.1, 0.15) is 41.7 Å². The van der Waals surface area contributed by atoms with Gasteiger partial charge in [0.05, 0.1) is 28.5 Å². The average Bonchev–Trinajstić information content (AvgIpc) is 3.41. The molecule has 2 aromatic carbocycles. The third kappa shape index (κ3) is 3.10.